The van der Waals surface area contributed by atoms with Crippen LogP contribution in [0.3, 0.4) is 0 Å². The molecule has 102 valence electrons. The van der Waals surface area contributed by atoms with Gasteiger partial charge in [-0.25, -0.2) is 9.59 Å². The van der Waals surface area contributed by atoms with Gasteiger partial charge in [-0.15, -0.1) is 0 Å². The predicted octanol–water partition coefficient (Wildman–Crippen LogP) is -1.66. The van der Waals surface area contributed by atoms with Gasteiger partial charge in [-0.1, -0.05) is 0 Å². The zero-order valence-corrected chi connectivity index (χ0v) is 9.83. The predicted molar refractivity (Wildman–Crippen MR) is 60.5 cm³/mol. The highest BCUT2D eigenvalue weighted by molar-refractivity contribution is 5.83. The van der Waals surface area contributed by atoms with Gasteiger partial charge in [0.2, 0.25) is 5.91 Å². The van der Waals surface area contributed by atoms with Crippen molar-refractivity contribution in [2.24, 2.45) is 11.7 Å². The SMILES string of the molecule is NC(=O)C1CCN(C(=O)N[C@H](CO)C(=O)O)CC1. The van der Waals surface area contributed by atoms with Crippen molar-refractivity contribution in [1.82, 2.24) is 10.2 Å². The molecule has 1 rings (SSSR count). The van der Waals surface area contributed by atoms with Gasteiger partial charge in [-0.2, -0.15) is 0 Å². The maximum Gasteiger partial charge on any atom is 0.328 e. The maximum absolute atomic E-state index is 11.7. The molecular weight excluding hydrogens is 242 g/mol. The summed E-state index contributed by atoms with van der Waals surface area (Å²) in [6, 6.07) is -1.87. The number of urea groups is 1. The molecule has 0 saturated carbocycles. The van der Waals surface area contributed by atoms with E-state index in [2.05, 4.69) is 5.32 Å². The van der Waals surface area contributed by atoms with Crippen molar-refractivity contribution < 1.29 is 24.6 Å². The number of amides is 3. The number of primary amides is 1. The molecule has 8 heteroatoms. The highest BCUT2D eigenvalue weighted by Gasteiger charge is 2.28. The zero-order chi connectivity index (χ0) is 13.7. The minimum absolute atomic E-state index is 0.234. The lowest BCUT2D eigenvalue weighted by atomic mass is 9.96. The first-order valence-electron chi connectivity index (χ1n) is 5.64. The van der Waals surface area contributed by atoms with Gasteiger partial charge >= 0.3 is 12.0 Å². The van der Waals surface area contributed by atoms with E-state index in [0.29, 0.717) is 25.9 Å². The average Bonchev–Trinajstić information content (AvgIpc) is 2.35. The summed E-state index contributed by atoms with van der Waals surface area (Å²) in [5, 5.41) is 19.7. The number of likely N-dealkylation sites (tertiary alicyclic amines) is 1. The standard InChI is InChI=1S/C10H17N3O5/c11-8(15)6-1-3-13(4-2-6)10(18)12-7(5-14)9(16)17/h6-7,14H,1-5H2,(H2,11,15)(H,12,18)(H,16,17)/t7-/m1/s1. The Hall–Kier alpha value is -1.83. The summed E-state index contributed by atoms with van der Waals surface area (Å²) >= 11 is 0. The van der Waals surface area contributed by atoms with Gasteiger partial charge in [0.15, 0.2) is 6.04 Å². The number of hydrogen-bond acceptors (Lipinski definition) is 4. The Labute approximate surface area is 104 Å². The van der Waals surface area contributed by atoms with Crippen molar-refractivity contribution in [3.05, 3.63) is 0 Å². The van der Waals surface area contributed by atoms with Crippen molar-refractivity contribution >= 4 is 17.9 Å². The molecule has 8 nitrogen and oxygen atoms in total. The molecule has 0 bridgehead atoms. The first kappa shape index (κ1) is 14.2. The van der Waals surface area contributed by atoms with Gasteiger partial charge in [0.25, 0.3) is 0 Å². The van der Waals surface area contributed by atoms with Crippen LogP contribution in [0.5, 0.6) is 0 Å². The highest BCUT2D eigenvalue weighted by atomic mass is 16.4. The Kier molecular flexibility index (Phi) is 4.90. The Morgan fingerprint density at radius 2 is 1.89 bits per heavy atom. The average molecular weight is 259 g/mol. The van der Waals surface area contributed by atoms with Crippen LogP contribution in [0.25, 0.3) is 0 Å². The van der Waals surface area contributed by atoms with Crippen molar-refractivity contribution in [1.29, 1.82) is 0 Å². The normalized spacial score (nSPS) is 18.2. The molecule has 1 saturated heterocycles. The number of carbonyl (C=O) groups is 3. The van der Waals surface area contributed by atoms with Crippen molar-refractivity contribution in [3.63, 3.8) is 0 Å². The molecule has 1 aliphatic rings. The largest absolute Gasteiger partial charge is 0.480 e. The van der Waals surface area contributed by atoms with Crippen LogP contribution < -0.4 is 11.1 Å². The number of nitrogens with one attached hydrogen (secondary N) is 1. The molecule has 0 aliphatic carbocycles. The van der Waals surface area contributed by atoms with Gasteiger partial charge in [0, 0.05) is 19.0 Å². The lowest BCUT2D eigenvalue weighted by molar-refractivity contribution is -0.140. The minimum atomic E-state index is -1.31. The molecule has 1 aliphatic heterocycles. The monoisotopic (exact) mass is 259 g/mol. The summed E-state index contributed by atoms with van der Waals surface area (Å²) in [4.78, 5) is 34.7. The number of aliphatic carboxylic acids is 1. The molecule has 0 aromatic rings. The Bertz CT molecular complexity index is 338. The molecule has 0 aromatic carbocycles. The third kappa shape index (κ3) is 3.59. The summed E-state index contributed by atoms with van der Waals surface area (Å²) in [6.45, 7) is 0.0211. The number of nitrogens with zero attached hydrogens (tertiary/aromatic N) is 1. The number of nitrogens with two attached hydrogens (primary N) is 1. The molecule has 1 heterocycles. The molecular formula is C10H17N3O5. The number of aliphatic hydroxyl groups excluding tert-OH is 1. The van der Waals surface area contributed by atoms with Gasteiger partial charge in [-0.3, -0.25) is 4.79 Å². The molecule has 0 spiro atoms. The van der Waals surface area contributed by atoms with Crippen molar-refractivity contribution in [2.75, 3.05) is 19.7 Å². The number of aliphatic hydroxyl groups is 1. The number of carboxylic acid groups (broad SMARTS) is 1. The quantitative estimate of drug-likeness (QED) is 0.479. The Morgan fingerprint density at radius 1 is 1.33 bits per heavy atom. The van der Waals surface area contributed by atoms with Crippen molar-refractivity contribution in [2.45, 2.75) is 18.9 Å². The van der Waals surface area contributed by atoms with Crippen LogP contribution in [-0.2, 0) is 9.59 Å². The van der Waals surface area contributed by atoms with Crippen LogP contribution in [0.1, 0.15) is 12.8 Å². The van der Waals surface area contributed by atoms with Crippen LogP contribution in [-0.4, -0.2) is 58.8 Å². The number of rotatable bonds is 4. The van der Waals surface area contributed by atoms with Gasteiger partial charge in [-0.05, 0) is 12.8 Å². The molecule has 1 fully saturated rings. The lowest BCUT2D eigenvalue weighted by Gasteiger charge is -2.31. The number of carbonyl (C=O) groups excluding carboxylic acids is 2. The van der Waals surface area contributed by atoms with Crippen LogP contribution in [0, 0.1) is 5.92 Å². The molecule has 3 amide bonds. The molecule has 0 radical (unpaired) electrons. The second-order valence-electron chi connectivity index (χ2n) is 4.19. The summed E-state index contributed by atoms with van der Waals surface area (Å²) in [5.41, 5.74) is 5.16. The van der Waals surface area contributed by atoms with E-state index in [1.807, 2.05) is 0 Å². The fourth-order valence-corrected chi connectivity index (χ4v) is 1.79. The first-order chi connectivity index (χ1) is 8.45. The second-order valence-corrected chi connectivity index (χ2v) is 4.19. The fourth-order valence-electron chi connectivity index (χ4n) is 1.79. The molecule has 1 atom stereocenters. The van der Waals surface area contributed by atoms with Gasteiger partial charge in [0.05, 0.1) is 6.61 Å². The third-order valence-corrected chi connectivity index (χ3v) is 2.96. The summed E-state index contributed by atoms with van der Waals surface area (Å²) in [7, 11) is 0. The van der Waals surface area contributed by atoms with Gasteiger partial charge in [0.1, 0.15) is 0 Å². The summed E-state index contributed by atoms with van der Waals surface area (Å²) < 4.78 is 0. The minimum Gasteiger partial charge on any atom is -0.480 e. The van der Waals surface area contributed by atoms with E-state index in [9.17, 15) is 14.4 Å². The molecule has 0 aromatic heterocycles. The molecule has 18 heavy (non-hydrogen) atoms. The number of hydrogen-bond donors (Lipinski definition) is 4. The van der Waals surface area contributed by atoms with Crippen LogP contribution >= 0.6 is 0 Å². The fraction of sp³-hybridized carbons (Fsp3) is 0.700. The van der Waals surface area contributed by atoms with E-state index in [0.717, 1.165) is 0 Å². The van der Waals surface area contributed by atoms with E-state index in [1.165, 1.54) is 4.90 Å². The second kappa shape index (κ2) is 6.20. The Morgan fingerprint density at radius 3 is 2.28 bits per heavy atom. The molecule has 5 N–H and O–H groups in total. The van der Waals surface area contributed by atoms with E-state index in [-0.39, 0.29) is 11.8 Å². The Balaban J connectivity index is 2.45. The maximum atomic E-state index is 11.7. The van der Waals surface area contributed by atoms with Crippen LogP contribution in [0.15, 0.2) is 0 Å². The molecule has 0 unspecified atom stereocenters. The zero-order valence-electron chi connectivity index (χ0n) is 9.83. The highest BCUT2D eigenvalue weighted by Crippen LogP contribution is 2.16. The third-order valence-electron chi connectivity index (χ3n) is 2.96. The number of piperidine rings is 1. The summed E-state index contributed by atoms with van der Waals surface area (Å²) in [6.07, 6.45) is 0.944. The van der Waals surface area contributed by atoms with E-state index < -0.39 is 24.6 Å². The van der Waals surface area contributed by atoms with E-state index in [4.69, 9.17) is 15.9 Å². The first-order valence-corrected chi connectivity index (χ1v) is 5.64. The van der Waals surface area contributed by atoms with Crippen molar-refractivity contribution in [3.8, 4) is 0 Å². The lowest BCUT2D eigenvalue weighted by Crippen LogP contribution is -2.52. The van der Waals surface area contributed by atoms with E-state index in [1.54, 1.807) is 0 Å². The topological polar surface area (TPSA) is 133 Å². The van der Waals surface area contributed by atoms with E-state index >= 15 is 0 Å². The summed E-state index contributed by atoms with van der Waals surface area (Å²) in [5.74, 6) is -1.91. The van der Waals surface area contributed by atoms with Crippen LogP contribution in [0.2, 0.25) is 0 Å². The van der Waals surface area contributed by atoms with Crippen LogP contribution in [0.4, 0.5) is 4.79 Å². The van der Waals surface area contributed by atoms with Gasteiger partial charge < -0.3 is 26.2 Å². The number of carboxylic acids is 1. The smallest absolute Gasteiger partial charge is 0.328 e.